The van der Waals surface area contributed by atoms with E-state index in [2.05, 4.69) is 66.8 Å². The zero-order valence-corrected chi connectivity index (χ0v) is 15.1. The number of hydrogen-bond donors (Lipinski definition) is 0. The maximum absolute atomic E-state index is 9.05. The van der Waals surface area contributed by atoms with Crippen molar-refractivity contribution in [3.63, 3.8) is 0 Å². The molecule has 0 N–H and O–H groups in total. The molecule has 4 nitrogen and oxygen atoms in total. The summed E-state index contributed by atoms with van der Waals surface area (Å²) in [6.45, 7) is 10.4. The van der Waals surface area contributed by atoms with Crippen LogP contribution in [-0.4, -0.2) is 16.5 Å². The molecule has 0 unspecified atom stereocenters. The molecule has 0 aliphatic heterocycles. The number of benzene rings is 1. The Bertz CT molecular complexity index is 693. The van der Waals surface area contributed by atoms with Crippen molar-refractivity contribution in [3.05, 3.63) is 53.5 Å². The van der Waals surface area contributed by atoms with Crippen LogP contribution in [0.15, 0.2) is 36.5 Å². The molecule has 2 aromatic rings. The Labute approximate surface area is 145 Å². The van der Waals surface area contributed by atoms with Gasteiger partial charge < -0.3 is 4.90 Å². The third kappa shape index (κ3) is 5.34. The topological polar surface area (TPSA) is 52.8 Å². The number of anilines is 1. The zero-order valence-electron chi connectivity index (χ0n) is 15.1. The molecule has 1 heterocycles. The molecule has 0 spiro atoms. The van der Waals surface area contributed by atoms with Gasteiger partial charge in [0, 0.05) is 19.3 Å². The van der Waals surface area contributed by atoms with Crippen molar-refractivity contribution in [2.75, 3.05) is 11.4 Å². The number of rotatable bonds is 6. The minimum Gasteiger partial charge on any atom is -0.352 e. The number of nitrogens with zero attached hydrogens (tertiary/aromatic N) is 4. The standard InChI is InChI=1S/C20H26N4/c1-5-6-16-7-9-17(10-8-16)14-24(15-20(2,3)4)19-11-12-22-18(13-21)23-19/h7-12H,5-6,14-15H2,1-4H3. The maximum Gasteiger partial charge on any atom is 0.234 e. The number of aryl methyl sites for hydroxylation is 1. The fourth-order valence-electron chi connectivity index (χ4n) is 2.69. The van der Waals surface area contributed by atoms with Gasteiger partial charge in [-0.15, -0.1) is 0 Å². The van der Waals surface area contributed by atoms with Crippen molar-refractivity contribution < 1.29 is 0 Å². The second-order valence-corrected chi connectivity index (χ2v) is 7.33. The van der Waals surface area contributed by atoms with E-state index in [1.54, 1.807) is 6.20 Å². The molecule has 0 bridgehead atoms. The lowest BCUT2D eigenvalue weighted by Gasteiger charge is -2.31. The predicted molar refractivity (Wildman–Crippen MR) is 97.7 cm³/mol. The molecule has 0 saturated heterocycles. The predicted octanol–water partition coefficient (Wildman–Crippen LogP) is 4.35. The number of nitriles is 1. The van der Waals surface area contributed by atoms with E-state index < -0.39 is 0 Å². The van der Waals surface area contributed by atoms with Gasteiger partial charge in [0.15, 0.2) is 0 Å². The third-order valence-electron chi connectivity index (χ3n) is 3.67. The molecule has 24 heavy (non-hydrogen) atoms. The van der Waals surface area contributed by atoms with Gasteiger partial charge in [-0.05, 0) is 29.0 Å². The summed E-state index contributed by atoms with van der Waals surface area (Å²) < 4.78 is 0. The highest BCUT2D eigenvalue weighted by Gasteiger charge is 2.18. The Morgan fingerprint density at radius 1 is 1.08 bits per heavy atom. The van der Waals surface area contributed by atoms with Crippen molar-refractivity contribution in [2.24, 2.45) is 5.41 Å². The van der Waals surface area contributed by atoms with Crippen LogP contribution in [0.4, 0.5) is 5.82 Å². The largest absolute Gasteiger partial charge is 0.352 e. The van der Waals surface area contributed by atoms with Crippen LogP contribution in [0.3, 0.4) is 0 Å². The van der Waals surface area contributed by atoms with Gasteiger partial charge in [0.05, 0.1) is 0 Å². The lowest BCUT2D eigenvalue weighted by molar-refractivity contribution is 0.407. The molecular formula is C20H26N4. The Hall–Kier alpha value is -2.41. The van der Waals surface area contributed by atoms with Crippen molar-refractivity contribution in [1.29, 1.82) is 5.26 Å². The van der Waals surface area contributed by atoms with Crippen LogP contribution in [0.25, 0.3) is 0 Å². The van der Waals surface area contributed by atoms with Crippen molar-refractivity contribution in [2.45, 2.75) is 47.1 Å². The van der Waals surface area contributed by atoms with Crippen LogP contribution >= 0.6 is 0 Å². The molecule has 4 heteroatoms. The summed E-state index contributed by atoms with van der Waals surface area (Å²) >= 11 is 0. The van der Waals surface area contributed by atoms with E-state index in [1.165, 1.54) is 11.1 Å². The highest BCUT2D eigenvalue weighted by atomic mass is 15.2. The maximum atomic E-state index is 9.05. The first-order valence-corrected chi connectivity index (χ1v) is 8.47. The van der Waals surface area contributed by atoms with Crippen molar-refractivity contribution >= 4 is 5.82 Å². The average Bonchev–Trinajstić information content (AvgIpc) is 2.55. The lowest BCUT2D eigenvalue weighted by atomic mass is 9.95. The fourth-order valence-corrected chi connectivity index (χ4v) is 2.69. The van der Waals surface area contributed by atoms with E-state index in [-0.39, 0.29) is 11.2 Å². The first-order valence-electron chi connectivity index (χ1n) is 8.47. The lowest BCUT2D eigenvalue weighted by Crippen LogP contribution is -2.33. The van der Waals surface area contributed by atoms with Crippen LogP contribution in [-0.2, 0) is 13.0 Å². The Kier molecular flexibility index (Phi) is 5.92. The summed E-state index contributed by atoms with van der Waals surface area (Å²) in [6, 6.07) is 12.7. The van der Waals surface area contributed by atoms with E-state index in [0.29, 0.717) is 0 Å². The summed E-state index contributed by atoms with van der Waals surface area (Å²) in [5, 5.41) is 9.05. The van der Waals surface area contributed by atoms with E-state index in [9.17, 15) is 0 Å². The highest BCUT2D eigenvalue weighted by molar-refractivity contribution is 5.41. The number of hydrogen-bond acceptors (Lipinski definition) is 4. The average molecular weight is 322 g/mol. The summed E-state index contributed by atoms with van der Waals surface area (Å²) in [7, 11) is 0. The summed E-state index contributed by atoms with van der Waals surface area (Å²) in [6.07, 6.45) is 3.93. The molecule has 0 saturated carbocycles. The van der Waals surface area contributed by atoms with Gasteiger partial charge in [-0.1, -0.05) is 58.4 Å². The second-order valence-electron chi connectivity index (χ2n) is 7.33. The number of aromatic nitrogens is 2. The molecule has 2 rings (SSSR count). The Balaban J connectivity index is 2.24. The quantitative estimate of drug-likeness (QED) is 0.793. The van der Waals surface area contributed by atoms with Gasteiger partial charge in [0.1, 0.15) is 11.9 Å². The third-order valence-corrected chi connectivity index (χ3v) is 3.67. The van der Waals surface area contributed by atoms with E-state index >= 15 is 0 Å². The van der Waals surface area contributed by atoms with E-state index in [1.807, 2.05) is 12.1 Å². The fraction of sp³-hybridized carbons (Fsp3) is 0.450. The van der Waals surface area contributed by atoms with Crippen LogP contribution in [0.2, 0.25) is 0 Å². The van der Waals surface area contributed by atoms with Gasteiger partial charge in [0.2, 0.25) is 5.82 Å². The minimum absolute atomic E-state index is 0.125. The monoisotopic (exact) mass is 322 g/mol. The van der Waals surface area contributed by atoms with Gasteiger partial charge >= 0.3 is 0 Å². The van der Waals surface area contributed by atoms with Gasteiger partial charge in [-0.2, -0.15) is 5.26 Å². The SMILES string of the molecule is CCCc1ccc(CN(CC(C)(C)C)c2ccnc(C#N)n2)cc1. The van der Waals surface area contributed by atoms with Crippen molar-refractivity contribution in [1.82, 2.24) is 9.97 Å². The van der Waals surface area contributed by atoms with Crippen LogP contribution in [0.1, 0.15) is 51.1 Å². The first-order chi connectivity index (χ1) is 11.4. The van der Waals surface area contributed by atoms with Crippen LogP contribution < -0.4 is 4.90 Å². The molecule has 1 aromatic carbocycles. The summed E-state index contributed by atoms with van der Waals surface area (Å²) in [5.41, 5.74) is 2.74. The highest BCUT2D eigenvalue weighted by Crippen LogP contribution is 2.22. The molecule has 126 valence electrons. The molecule has 0 aliphatic carbocycles. The van der Waals surface area contributed by atoms with Gasteiger partial charge in [0.25, 0.3) is 0 Å². The molecule has 0 radical (unpaired) electrons. The van der Waals surface area contributed by atoms with E-state index in [4.69, 9.17) is 5.26 Å². The molecule has 1 aromatic heterocycles. The molecule has 0 amide bonds. The van der Waals surface area contributed by atoms with Gasteiger partial charge in [-0.25, -0.2) is 9.97 Å². The smallest absolute Gasteiger partial charge is 0.234 e. The normalized spacial score (nSPS) is 11.1. The first kappa shape index (κ1) is 17.9. The molecule has 0 atom stereocenters. The zero-order chi connectivity index (χ0) is 17.6. The van der Waals surface area contributed by atoms with Crippen LogP contribution in [0, 0.1) is 16.7 Å². The second kappa shape index (κ2) is 7.92. The molecule has 0 fully saturated rings. The van der Waals surface area contributed by atoms with Crippen LogP contribution in [0.5, 0.6) is 0 Å². The molecule has 0 aliphatic rings. The summed E-state index contributed by atoms with van der Waals surface area (Å²) in [5.74, 6) is 1.01. The molecular weight excluding hydrogens is 296 g/mol. The Morgan fingerprint density at radius 3 is 2.33 bits per heavy atom. The van der Waals surface area contributed by atoms with Crippen molar-refractivity contribution in [3.8, 4) is 6.07 Å². The van der Waals surface area contributed by atoms with E-state index in [0.717, 1.165) is 31.7 Å². The minimum atomic E-state index is 0.125. The summed E-state index contributed by atoms with van der Waals surface area (Å²) in [4.78, 5) is 10.6. The van der Waals surface area contributed by atoms with Gasteiger partial charge in [-0.3, -0.25) is 0 Å². The Morgan fingerprint density at radius 2 is 1.75 bits per heavy atom.